The Balaban J connectivity index is 1.53. The number of carbonyl (C=O) groups is 3. The van der Waals surface area contributed by atoms with Crippen molar-refractivity contribution in [1.82, 2.24) is 14.8 Å². The van der Waals surface area contributed by atoms with Crippen LogP contribution in [0.4, 0.5) is 26.3 Å². The summed E-state index contributed by atoms with van der Waals surface area (Å²) in [6.07, 6.45) is -6.18. The molecule has 52 heavy (non-hydrogen) atoms. The van der Waals surface area contributed by atoms with E-state index in [1.54, 1.807) is 13.0 Å². The molecule has 2 saturated heterocycles. The van der Waals surface area contributed by atoms with Gasteiger partial charge in [-0.3, -0.25) is 14.6 Å². The van der Waals surface area contributed by atoms with Crippen LogP contribution in [0.25, 0.3) is 0 Å². The van der Waals surface area contributed by atoms with Gasteiger partial charge in [-0.15, -0.1) is 11.3 Å². The zero-order chi connectivity index (χ0) is 37.9. The molecule has 0 aliphatic carbocycles. The van der Waals surface area contributed by atoms with Gasteiger partial charge in [0.15, 0.2) is 0 Å². The fourth-order valence-corrected chi connectivity index (χ4v) is 8.10. The number of pyridine rings is 1. The molecule has 2 amide bonds. The summed E-state index contributed by atoms with van der Waals surface area (Å²) in [4.78, 5) is 46.1. The standard InChI is InChI=1S/C37H38F6N4O4S/c1-3-7-30-35(51-26-20-31(52-22-26)37(41,42)43,13-6-17-47(30)32(49)27-21-45-16-12-29(27)36(38,39)40)33(50)46-18-14-34(23-44,15-19-46)28-9-5-4-8-25(28)11-10-24(2)48/h4-5,8-9,12,16,20-22,30H,3,6-7,10-11,13-15,17-19H2,1-2H3/t30-,35+/m1/s1. The van der Waals surface area contributed by atoms with E-state index < -0.39 is 57.2 Å². The average Bonchev–Trinajstić information content (AvgIpc) is 3.60. The third-order valence-electron chi connectivity index (χ3n) is 9.96. The van der Waals surface area contributed by atoms with E-state index in [1.165, 1.54) is 16.7 Å². The third-order valence-corrected chi connectivity index (χ3v) is 10.9. The van der Waals surface area contributed by atoms with E-state index in [0.717, 1.165) is 35.0 Å². The van der Waals surface area contributed by atoms with Gasteiger partial charge in [0.05, 0.1) is 28.7 Å². The van der Waals surface area contributed by atoms with Gasteiger partial charge in [0.25, 0.3) is 11.8 Å². The summed E-state index contributed by atoms with van der Waals surface area (Å²) >= 11 is 0.376. The molecule has 0 N–H and O–H groups in total. The first-order valence-electron chi connectivity index (χ1n) is 17.0. The molecule has 2 aliphatic rings. The van der Waals surface area contributed by atoms with Crippen LogP contribution in [0.15, 0.2) is 54.2 Å². The molecule has 2 aliphatic heterocycles. The second-order valence-corrected chi connectivity index (χ2v) is 14.2. The van der Waals surface area contributed by atoms with Crippen molar-refractivity contribution in [1.29, 1.82) is 5.26 Å². The third kappa shape index (κ3) is 7.82. The first-order chi connectivity index (χ1) is 24.6. The lowest BCUT2D eigenvalue weighted by Gasteiger charge is -2.51. The number of ether oxygens (including phenoxy) is 1. The molecule has 2 aromatic heterocycles. The van der Waals surface area contributed by atoms with Crippen LogP contribution in [0.2, 0.25) is 0 Å². The SMILES string of the molecule is CCC[C@H]1N(C(=O)c2cnccc2C(F)(F)F)CCC[C@@]1(Oc1csc(C(F)(F)F)c1)C(=O)N1CCC(C#N)(c2ccccc2CCC(C)=O)CC1. The number of rotatable bonds is 10. The molecular weight excluding hydrogens is 710 g/mol. The largest absolute Gasteiger partial charge is 0.474 e. The number of hydrogen-bond donors (Lipinski definition) is 0. The highest BCUT2D eigenvalue weighted by Gasteiger charge is 2.56. The summed E-state index contributed by atoms with van der Waals surface area (Å²) < 4.78 is 89.4. The second kappa shape index (κ2) is 15.3. The Labute approximate surface area is 301 Å². The molecule has 0 radical (unpaired) electrons. The fourth-order valence-electron chi connectivity index (χ4n) is 7.42. The summed E-state index contributed by atoms with van der Waals surface area (Å²) in [5.41, 5.74) is -3.28. The van der Waals surface area contributed by atoms with Gasteiger partial charge >= 0.3 is 12.4 Å². The summed E-state index contributed by atoms with van der Waals surface area (Å²) in [5, 5.41) is 11.6. The van der Waals surface area contributed by atoms with Gasteiger partial charge in [0, 0.05) is 56.3 Å². The first kappa shape index (κ1) is 38.8. The normalized spacial score (nSPS) is 20.6. The maximum Gasteiger partial charge on any atom is 0.425 e. The number of hydrogen-bond acceptors (Lipinski definition) is 7. The van der Waals surface area contributed by atoms with Crippen molar-refractivity contribution >= 4 is 28.9 Å². The number of piperidine rings is 2. The number of likely N-dealkylation sites (tertiary alicyclic amines) is 2. The van der Waals surface area contributed by atoms with Crippen LogP contribution < -0.4 is 4.74 Å². The number of nitrogens with zero attached hydrogens (tertiary/aromatic N) is 4. The Morgan fingerprint density at radius 3 is 2.37 bits per heavy atom. The molecule has 0 spiro atoms. The second-order valence-electron chi connectivity index (χ2n) is 13.3. The smallest absolute Gasteiger partial charge is 0.425 e. The summed E-state index contributed by atoms with van der Waals surface area (Å²) in [6, 6.07) is 10.1. The number of benzene rings is 1. The van der Waals surface area contributed by atoms with Crippen molar-refractivity contribution in [2.45, 2.75) is 94.6 Å². The Hall–Kier alpha value is -4.45. The van der Waals surface area contributed by atoms with Crippen molar-refractivity contribution in [2.75, 3.05) is 19.6 Å². The number of ketones is 1. The van der Waals surface area contributed by atoms with E-state index in [-0.39, 0.29) is 63.3 Å². The molecule has 2 atom stereocenters. The number of thiophene rings is 1. The zero-order valence-corrected chi connectivity index (χ0v) is 29.5. The minimum Gasteiger partial charge on any atom is -0.474 e. The van der Waals surface area contributed by atoms with Crippen molar-refractivity contribution in [2.24, 2.45) is 0 Å². The van der Waals surface area contributed by atoms with E-state index in [4.69, 9.17) is 4.74 Å². The molecule has 3 aromatic rings. The van der Waals surface area contributed by atoms with Crippen LogP contribution in [0.5, 0.6) is 5.75 Å². The maximum atomic E-state index is 14.9. The van der Waals surface area contributed by atoms with Crippen molar-refractivity contribution in [3.05, 3.63) is 81.3 Å². The van der Waals surface area contributed by atoms with Crippen molar-refractivity contribution in [3.63, 3.8) is 0 Å². The molecule has 0 unspecified atom stereocenters. The van der Waals surface area contributed by atoms with Crippen LogP contribution in [-0.2, 0) is 33.8 Å². The van der Waals surface area contributed by atoms with Crippen LogP contribution in [0.3, 0.4) is 0 Å². The van der Waals surface area contributed by atoms with E-state index >= 15 is 0 Å². The summed E-state index contributed by atoms with van der Waals surface area (Å²) in [6.45, 7) is 3.34. The van der Waals surface area contributed by atoms with Crippen LogP contribution in [0, 0.1) is 11.3 Å². The Bertz CT molecular complexity index is 1830. The molecule has 15 heteroatoms. The lowest BCUT2D eigenvalue weighted by molar-refractivity contribution is -0.160. The minimum absolute atomic E-state index is 0.000649. The van der Waals surface area contributed by atoms with Crippen LogP contribution in [-0.4, -0.2) is 63.7 Å². The highest BCUT2D eigenvalue weighted by atomic mass is 32.1. The van der Waals surface area contributed by atoms with Gasteiger partial charge in [-0.25, -0.2) is 0 Å². The number of aromatic nitrogens is 1. The van der Waals surface area contributed by atoms with Crippen LogP contribution in [0.1, 0.15) is 90.7 Å². The topological polar surface area (TPSA) is 104 Å². The van der Waals surface area contributed by atoms with Gasteiger partial charge in [0.2, 0.25) is 5.60 Å². The molecule has 278 valence electrons. The number of amides is 2. The van der Waals surface area contributed by atoms with Gasteiger partial charge < -0.3 is 19.3 Å². The average molecular weight is 749 g/mol. The highest BCUT2D eigenvalue weighted by Crippen LogP contribution is 2.44. The molecule has 0 bridgehead atoms. The lowest BCUT2D eigenvalue weighted by Crippen LogP contribution is -2.68. The predicted molar refractivity (Wildman–Crippen MR) is 179 cm³/mol. The van der Waals surface area contributed by atoms with Gasteiger partial charge in [-0.1, -0.05) is 37.6 Å². The molecule has 5 rings (SSSR count). The lowest BCUT2D eigenvalue weighted by atomic mass is 9.71. The summed E-state index contributed by atoms with van der Waals surface area (Å²) in [5.74, 6) is -1.90. The maximum absolute atomic E-state index is 14.9. The van der Waals surface area contributed by atoms with Gasteiger partial charge in [-0.05, 0) is 56.2 Å². The Morgan fingerprint density at radius 1 is 1.04 bits per heavy atom. The number of carbonyl (C=O) groups excluding carboxylic acids is 3. The Morgan fingerprint density at radius 2 is 1.75 bits per heavy atom. The zero-order valence-electron chi connectivity index (χ0n) is 28.6. The molecule has 8 nitrogen and oxygen atoms in total. The van der Waals surface area contributed by atoms with E-state index in [9.17, 15) is 46.0 Å². The molecule has 4 heterocycles. The number of Topliss-reactive ketones (excluding diaryl/α,β-unsaturated/α-hetero) is 1. The summed E-state index contributed by atoms with van der Waals surface area (Å²) in [7, 11) is 0. The van der Waals surface area contributed by atoms with E-state index in [0.29, 0.717) is 36.7 Å². The van der Waals surface area contributed by atoms with Crippen LogP contribution >= 0.6 is 11.3 Å². The van der Waals surface area contributed by atoms with Crippen molar-refractivity contribution in [3.8, 4) is 11.8 Å². The minimum atomic E-state index is -4.89. The van der Waals surface area contributed by atoms with E-state index in [1.807, 2.05) is 18.2 Å². The first-order valence-corrected chi connectivity index (χ1v) is 17.9. The quantitative estimate of drug-likeness (QED) is 0.195. The molecule has 0 saturated carbocycles. The van der Waals surface area contributed by atoms with E-state index in [2.05, 4.69) is 11.1 Å². The highest BCUT2D eigenvalue weighted by molar-refractivity contribution is 7.10. The number of halogens is 6. The predicted octanol–water partition coefficient (Wildman–Crippen LogP) is 8.01. The van der Waals surface area contributed by atoms with Gasteiger partial charge in [-0.2, -0.15) is 31.6 Å². The monoisotopic (exact) mass is 748 g/mol. The van der Waals surface area contributed by atoms with Gasteiger partial charge in [0.1, 0.15) is 16.4 Å². The molecule has 2 fully saturated rings. The molecule has 1 aromatic carbocycles. The Kier molecular flexibility index (Phi) is 11.4. The van der Waals surface area contributed by atoms with Crippen molar-refractivity contribution < 1.29 is 45.5 Å². The number of aryl methyl sites for hydroxylation is 1. The number of alkyl halides is 6. The number of nitriles is 1. The fraction of sp³-hybridized carbons (Fsp3) is 0.486. The molecular formula is C37H38F6N4O4S.